The van der Waals surface area contributed by atoms with E-state index in [9.17, 15) is 4.79 Å². The fraction of sp³-hybridized carbons (Fsp3) is 0.235. The summed E-state index contributed by atoms with van der Waals surface area (Å²) in [7, 11) is 0. The maximum absolute atomic E-state index is 11.0. The van der Waals surface area contributed by atoms with Crippen LogP contribution in [0.2, 0.25) is 5.02 Å². The molecule has 1 aliphatic rings. The van der Waals surface area contributed by atoms with Gasteiger partial charge in [0.1, 0.15) is 0 Å². The molecular formula is C17H17ClN2O2. The molecule has 4 nitrogen and oxygen atoms in total. The van der Waals surface area contributed by atoms with Crippen LogP contribution in [0.25, 0.3) is 0 Å². The van der Waals surface area contributed by atoms with Crippen molar-refractivity contribution in [2.45, 2.75) is 24.8 Å². The zero-order valence-corrected chi connectivity index (χ0v) is 12.7. The van der Waals surface area contributed by atoms with E-state index in [2.05, 4.69) is 10.6 Å². The van der Waals surface area contributed by atoms with Gasteiger partial charge in [-0.15, -0.1) is 0 Å². The molecule has 0 heterocycles. The van der Waals surface area contributed by atoms with Crippen LogP contribution in [0.5, 0.6) is 0 Å². The topological polar surface area (TPSA) is 61.4 Å². The first-order valence-electron chi connectivity index (χ1n) is 7.22. The predicted octanol–water partition coefficient (Wildman–Crippen LogP) is 4.73. The molecule has 0 aliphatic heterocycles. The van der Waals surface area contributed by atoms with E-state index in [4.69, 9.17) is 16.7 Å². The van der Waals surface area contributed by atoms with Gasteiger partial charge in [-0.2, -0.15) is 0 Å². The third-order valence-electron chi connectivity index (χ3n) is 4.10. The Morgan fingerprint density at radius 3 is 2.36 bits per heavy atom. The minimum absolute atomic E-state index is 0.416. The first kappa shape index (κ1) is 14.7. The molecule has 1 fully saturated rings. The number of hydrogen-bond donors (Lipinski definition) is 3. The van der Waals surface area contributed by atoms with E-state index >= 15 is 0 Å². The van der Waals surface area contributed by atoms with E-state index < -0.39 is 11.6 Å². The largest absolute Gasteiger partial charge is 0.465 e. The van der Waals surface area contributed by atoms with Crippen molar-refractivity contribution in [2.24, 2.45) is 0 Å². The first-order chi connectivity index (χ1) is 10.6. The summed E-state index contributed by atoms with van der Waals surface area (Å²) < 4.78 is 0. The molecule has 0 aromatic heterocycles. The Balaban J connectivity index is 1.76. The number of carbonyl (C=O) groups is 1. The molecule has 5 heteroatoms. The Labute approximate surface area is 134 Å². The van der Waals surface area contributed by atoms with Crippen LogP contribution in [-0.2, 0) is 5.54 Å². The van der Waals surface area contributed by atoms with Gasteiger partial charge in [0.25, 0.3) is 0 Å². The summed E-state index contributed by atoms with van der Waals surface area (Å²) >= 11 is 5.97. The lowest BCUT2D eigenvalue weighted by Gasteiger charge is -2.42. The van der Waals surface area contributed by atoms with Gasteiger partial charge in [0.15, 0.2) is 0 Å². The van der Waals surface area contributed by atoms with E-state index in [1.165, 1.54) is 0 Å². The van der Waals surface area contributed by atoms with Crippen LogP contribution < -0.4 is 10.6 Å². The monoisotopic (exact) mass is 316 g/mol. The van der Waals surface area contributed by atoms with Crippen molar-refractivity contribution in [3.63, 3.8) is 0 Å². The number of hydrogen-bond acceptors (Lipinski definition) is 2. The highest BCUT2D eigenvalue weighted by Crippen LogP contribution is 2.41. The molecule has 114 valence electrons. The Bertz CT molecular complexity index is 681. The second kappa shape index (κ2) is 5.89. The van der Waals surface area contributed by atoms with Gasteiger partial charge in [0.05, 0.1) is 5.54 Å². The molecule has 2 aromatic rings. The number of amides is 1. The quantitative estimate of drug-likeness (QED) is 0.764. The SMILES string of the molecule is O=C(O)NC1(c2ccc(Nc3cccc(Cl)c3)cc2)CCC1. The average molecular weight is 317 g/mol. The predicted molar refractivity (Wildman–Crippen MR) is 87.9 cm³/mol. The zero-order valence-electron chi connectivity index (χ0n) is 12.0. The van der Waals surface area contributed by atoms with Crippen molar-refractivity contribution in [3.8, 4) is 0 Å². The molecule has 1 amide bonds. The lowest BCUT2D eigenvalue weighted by molar-refractivity contribution is 0.144. The number of rotatable bonds is 4. The van der Waals surface area contributed by atoms with Gasteiger partial charge in [0, 0.05) is 16.4 Å². The first-order valence-corrected chi connectivity index (χ1v) is 7.59. The number of carboxylic acid groups (broad SMARTS) is 1. The lowest BCUT2D eigenvalue weighted by Crippen LogP contribution is -2.50. The van der Waals surface area contributed by atoms with E-state index in [1.807, 2.05) is 48.5 Å². The molecule has 1 saturated carbocycles. The van der Waals surface area contributed by atoms with E-state index in [0.717, 1.165) is 36.2 Å². The molecule has 0 bridgehead atoms. The van der Waals surface area contributed by atoms with Gasteiger partial charge in [-0.05, 0) is 55.2 Å². The molecule has 2 aromatic carbocycles. The smallest absolute Gasteiger partial charge is 0.405 e. The minimum atomic E-state index is -0.971. The Kier molecular flexibility index (Phi) is 3.94. The molecule has 3 N–H and O–H groups in total. The lowest BCUT2D eigenvalue weighted by atomic mass is 9.72. The van der Waals surface area contributed by atoms with Crippen molar-refractivity contribution in [1.82, 2.24) is 5.32 Å². The number of anilines is 2. The maximum Gasteiger partial charge on any atom is 0.405 e. The van der Waals surface area contributed by atoms with Crippen molar-refractivity contribution >= 4 is 29.1 Å². The summed E-state index contributed by atoms with van der Waals surface area (Å²) in [4.78, 5) is 11.0. The minimum Gasteiger partial charge on any atom is -0.465 e. The van der Waals surface area contributed by atoms with Crippen molar-refractivity contribution in [3.05, 3.63) is 59.1 Å². The van der Waals surface area contributed by atoms with Crippen LogP contribution in [0.3, 0.4) is 0 Å². The molecule has 0 unspecified atom stereocenters. The number of nitrogens with one attached hydrogen (secondary N) is 2. The highest BCUT2D eigenvalue weighted by atomic mass is 35.5. The van der Waals surface area contributed by atoms with Crippen molar-refractivity contribution in [1.29, 1.82) is 0 Å². The van der Waals surface area contributed by atoms with Crippen LogP contribution in [-0.4, -0.2) is 11.2 Å². The summed E-state index contributed by atoms with van der Waals surface area (Å²) in [5.74, 6) is 0. The second-order valence-corrected chi connectivity index (χ2v) is 6.01. The Hall–Kier alpha value is -2.20. The average Bonchev–Trinajstić information content (AvgIpc) is 2.44. The summed E-state index contributed by atoms with van der Waals surface area (Å²) in [6, 6.07) is 15.4. The normalized spacial score (nSPS) is 15.7. The third kappa shape index (κ3) is 3.02. The standard InChI is InChI=1S/C17H17ClN2O2/c18-13-3-1-4-15(11-13)19-14-7-5-12(6-8-14)17(9-2-10-17)20-16(21)22/h1,3-8,11,19-20H,2,9-10H2,(H,21,22). The van der Waals surface area contributed by atoms with Crippen LogP contribution in [0.15, 0.2) is 48.5 Å². The van der Waals surface area contributed by atoms with Gasteiger partial charge in [-0.25, -0.2) is 4.79 Å². The van der Waals surface area contributed by atoms with Gasteiger partial charge < -0.3 is 15.7 Å². The van der Waals surface area contributed by atoms with Gasteiger partial charge in [0.2, 0.25) is 0 Å². The molecule has 0 spiro atoms. The summed E-state index contributed by atoms with van der Waals surface area (Å²) in [6.07, 6.45) is 1.77. The Morgan fingerprint density at radius 2 is 1.82 bits per heavy atom. The summed E-state index contributed by atoms with van der Waals surface area (Å²) in [6.45, 7) is 0. The summed E-state index contributed by atoms with van der Waals surface area (Å²) in [5, 5.41) is 15.6. The third-order valence-corrected chi connectivity index (χ3v) is 4.34. The molecule has 1 aliphatic carbocycles. The van der Waals surface area contributed by atoms with Gasteiger partial charge >= 0.3 is 6.09 Å². The second-order valence-electron chi connectivity index (χ2n) is 5.58. The number of benzene rings is 2. The molecule has 0 radical (unpaired) electrons. The van der Waals surface area contributed by atoms with E-state index in [0.29, 0.717) is 5.02 Å². The molecule has 0 saturated heterocycles. The summed E-state index contributed by atoms with van der Waals surface area (Å²) in [5.41, 5.74) is 2.45. The van der Waals surface area contributed by atoms with Gasteiger partial charge in [-0.1, -0.05) is 29.8 Å². The van der Waals surface area contributed by atoms with Gasteiger partial charge in [-0.3, -0.25) is 0 Å². The highest BCUT2D eigenvalue weighted by Gasteiger charge is 2.40. The molecule has 0 atom stereocenters. The molecule has 3 rings (SSSR count). The zero-order chi connectivity index (χ0) is 15.6. The van der Waals surface area contributed by atoms with E-state index in [1.54, 1.807) is 0 Å². The maximum atomic E-state index is 11.0. The highest BCUT2D eigenvalue weighted by molar-refractivity contribution is 6.30. The Morgan fingerprint density at radius 1 is 1.09 bits per heavy atom. The van der Waals surface area contributed by atoms with Crippen molar-refractivity contribution in [2.75, 3.05) is 5.32 Å². The van der Waals surface area contributed by atoms with Crippen LogP contribution in [0, 0.1) is 0 Å². The fourth-order valence-corrected chi connectivity index (χ4v) is 3.02. The molecule has 22 heavy (non-hydrogen) atoms. The fourth-order valence-electron chi connectivity index (χ4n) is 2.83. The van der Waals surface area contributed by atoms with Crippen LogP contribution >= 0.6 is 11.6 Å². The van der Waals surface area contributed by atoms with Crippen LogP contribution in [0.4, 0.5) is 16.2 Å². The molecular weight excluding hydrogens is 300 g/mol. The van der Waals surface area contributed by atoms with E-state index in [-0.39, 0.29) is 0 Å². The van der Waals surface area contributed by atoms with Crippen molar-refractivity contribution < 1.29 is 9.90 Å². The number of halogens is 1. The van der Waals surface area contributed by atoms with Crippen LogP contribution in [0.1, 0.15) is 24.8 Å².